The lowest BCUT2D eigenvalue weighted by atomic mass is 10.2. The van der Waals surface area contributed by atoms with Gasteiger partial charge in [-0.15, -0.1) is 10.2 Å². The summed E-state index contributed by atoms with van der Waals surface area (Å²) in [5.41, 5.74) is 2.81. The highest BCUT2D eigenvalue weighted by molar-refractivity contribution is 9.10. The molecule has 3 aromatic rings. The number of nitro groups is 1. The molecule has 31 heavy (non-hydrogen) atoms. The van der Waals surface area contributed by atoms with Gasteiger partial charge >= 0.3 is 5.69 Å². The molecule has 160 valence electrons. The van der Waals surface area contributed by atoms with Gasteiger partial charge in [-0.2, -0.15) is 5.10 Å². The zero-order chi connectivity index (χ0) is 22.5. The summed E-state index contributed by atoms with van der Waals surface area (Å²) in [6.45, 7) is 0. The minimum absolute atomic E-state index is 0.0202. The van der Waals surface area contributed by atoms with Crippen LogP contribution in [0.1, 0.15) is 5.56 Å². The highest BCUT2D eigenvalue weighted by Gasteiger charge is 2.18. The zero-order valence-corrected chi connectivity index (χ0v) is 19.8. The molecule has 0 saturated carbocycles. The maximum Gasteiger partial charge on any atom is 0.312 e. The summed E-state index contributed by atoms with van der Waals surface area (Å²) in [5.74, 6) is -0.280. The number of rotatable bonds is 7. The highest BCUT2D eigenvalue weighted by atomic mass is 79.9. The predicted octanol–water partition coefficient (Wildman–Crippen LogP) is 3.86. The third-order valence-corrected chi connectivity index (χ3v) is 5.90. The van der Waals surface area contributed by atoms with Crippen molar-refractivity contribution in [3.05, 3.63) is 61.0 Å². The van der Waals surface area contributed by atoms with Crippen LogP contribution in [0.15, 0.2) is 55.6 Å². The van der Waals surface area contributed by atoms with E-state index in [1.54, 1.807) is 11.6 Å². The van der Waals surface area contributed by atoms with Crippen LogP contribution in [-0.2, 0) is 11.8 Å². The van der Waals surface area contributed by atoms with Crippen LogP contribution in [0.4, 0.5) is 5.69 Å². The van der Waals surface area contributed by atoms with Gasteiger partial charge in [-0.05, 0) is 18.2 Å². The van der Waals surface area contributed by atoms with Crippen LogP contribution in [0.5, 0.6) is 5.75 Å². The van der Waals surface area contributed by atoms with Gasteiger partial charge in [0.1, 0.15) is 0 Å². The molecule has 0 spiro atoms. The van der Waals surface area contributed by atoms with Crippen molar-refractivity contribution in [2.75, 3.05) is 5.75 Å². The number of halogens is 2. The molecule has 0 aliphatic carbocycles. The summed E-state index contributed by atoms with van der Waals surface area (Å²) < 4.78 is 3.09. The number of nitrogens with one attached hydrogen (secondary N) is 1. The number of carbonyl (C=O) groups excluding carboxylic acids is 1. The smallest absolute Gasteiger partial charge is 0.312 e. The fourth-order valence-corrected chi connectivity index (χ4v) is 4.06. The van der Waals surface area contributed by atoms with E-state index in [9.17, 15) is 20.0 Å². The van der Waals surface area contributed by atoms with E-state index in [0.29, 0.717) is 15.5 Å². The van der Waals surface area contributed by atoms with E-state index in [0.717, 1.165) is 16.3 Å². The number of hydrogen-bond donors (Lipinski definition) is 2. The number of thioether (sulfide) groups is 1. The minimum atomic E-state index is -0.712. The van der Waals surface area contributed by atoms with E-state index in [4.69, 9.17) is 0 Å². The van der Waals surface area contributed by atoms with Crippen molar-refractivity contribution in [1.29, 1.82) is 0 Å². The van der Waals surface area contributed by atoms with Gasteiger partial charge in [-0.1, -0.05) is 55.8 Å². The number of phenolic OH excluding ortho intramolecular Hbond substituents is 1. The second-order valence-corrected chi connectivity index (χ2v) is 8.85. The van der Waals surface area contributed by atoms with Crippen LogP contribution in [0.25, 0.3) is 11.4 Å². The van der Waals surface area contributed by atoms with E-state index in [-0.39, 0.29) is 11.3 Å². The first-order chi connectivity index (χ1) is 14.8. The third kappa shape index (κ3) is 5.68. The molecule has 0 radical (unpaired) electrons. The largest absolute Gasteiger partial charge is 0.502 e. The fraction of sp³-hybridized carbons (Fsp3) is 0.111. The number of nitrogens with zero attached hydrogens (tertiary/aromatic N) is 5. The van der Waals surface area contributed by atoms with Gasteiger partial charge in [0.25, 0.3) is 5.91 Å². The van der Waals surface area contributed by atoms with Gasteiger partial charge in [0.15, 0.2) is 11.0 Å². The summed E-state index contributed by atoms with van der Waals surface area (Å²) >= 11 is 7.73. The summed E-state index contributed by atoms with van der Waals surface area (Å²) in [4.78, 5) is 22.3. The van der Waals surface area contributed by atoms with Crippen molar-refractivity contribution in [2.24, 2.45) is 12.1 Å². The molecule has 2 N–H and O–H groups in total. The molecule has 1 amide bonds. The number of aromatic nitrogens is 3. The number of amides is 1. The van der Waals surface area contributed by atoms with Crippen molar-refractivity contribution in [3.63, 3.8) is 0 Å². The molecule has 13 heteroatoms. The van der Waals surface area contributed by atoms with Crippen LogP contribution >= 0.6 is 43.6 Å². The van der Waals surface area contributed by atoms with Crippen LogP contribution in [0.3, 0.4) is 0 Å². The summed E-state index contributed by atoms with van der Waals surface area (Å²) in [6.07, 6.45) is 1.13. The van der Waals surface area contributed by atoms with Gasteiger partial charge in [-0.3, -0.25) is 14.9 Å². The summed E-state index contributed by atoms with van der Waals surface area (Å²) in [5, 5.41) is 33.5. The molecule has 2 aromatic carbocycles. The first-order valence-corrected chi connectivity index (χ1v) is 11.1. The van der Waals surface area contributed by atoms with Gasteiger partial charge in [0, 0.05) is 33.2 Å². The monoisotopic (exact) mass is 568 g/mol. The molecule has 0 aliphatic rings. The Bertz CT molecular complexity index is 1180. The minimum Gasteiger partial charge on any atom is -0.502 e. The Morgan fingerprint density at radius 1 is 1.32 bits per heavy atom. The molecule has 0 bridgehead atoms. The average molecular weight is 570 g/mol. The standard InChI is InChI=1S/C18H14Br2N6O4S/c1-25-17(10-3-2-4-12(19)5-10)23-24-18(25)31-9-15(27)22-21-8-11-6-13(20)7-14(16(11)28)26(29)30/h2-8,28H,9H2,1H3,(H,22,27)/b21-8+. The number of carbonyl (C=O) groups is 1. The third-order valence-electron chi connectivity index (χ3n) is 3.92. The SMILES string of the molecule is Cn1c(SCC(=O)N/N=C/c2cc(Br)cc([N+](=O)[O-])c2O)nnc1-c1cccc(Br)c1. The molecule has 0 fully saturated rings. The molecule has 0 aliphatic heterocycles. The second kappa shape index (κ2) is 10.0. The highest BCUT2D eigenvalue weighted by Crippen LogP contribution is 2.32. The number of nitro benzene ring substituents is 1. The lowest BCUT2D eigenvalue weighted by Crippen LogP contribution is -2.20. The number of aromatic hydroxyl groups is 1. The molecular formula is C18H14Br2N6O4S. The molecule has 1 heterocycles. The Morgan fingerprint density at radius 3 is 2.81 bits per heavy atom. The van der Waals surface area contributed by atoms with Gasteiger partial charge in [-0.25, -0.2) is 5.43 Å². The van der Waals surface area contributed by atoms with Crippen molar-refractivity contribution in [1.82, 2.24) is 20.2 Å². The molecule has 10 nitrogen and oxygen atoms in total. The Balaban J connectivity index is 1.61. The van der Waals surface area contributed by atoms with Crippen molar-refractivity contribution in [2.45, 2.75) is 5.16 Å². The van der Waals surface area contributed by atoms with Crippen LogP contribution in [0.2, 0.25) is 0 Å². The van der Waals surface area contributed by atoms with Crippen molar-refractivity contribution in [3.8, 4) is 17.1 Å². The van der Waals surface area contributed by atoms with Crippen LogP contribution in [0, 0.1) is 10.1 Å². The Labute approximate surface area is 197 Å². The maximum absolute atomic E-state index is 12.1. The van der Waals surface area contributed by atoms with Gasteiger partial charge in [0.2, 0.25) is 5.75 Å². The topological polar surface area (TPSA) is 136 Å². The number of phenols is 1. The Kier molecular flexibility index (Phi) is 7.41. The molecule has 1 aromatic heterocycles. The fourth-order valence-electron chi connectivity index (χ4n) is 2.50. The Morgan fingerprint density at radius 2 is 2.10 bits per heavy atom. The lowest BCUT2D eigenvalue weighted by Gasteiger charge is -2.04. The zero-order valence-electron chi connectivity index (χ0n) is 15.8. The predicted molar refractivity (Wildman–Crippen MR) is 123 cm³/mol. The average Bonchev–Trinajstić information content (AvgIpc) is 3.09. The van der Waals surface area contributed by atoms with E-state index in [1.807, 2.05) is 24.3 Å². The van der Waals surface area contributed by atoms with Crippen molar-refractivity contribution < 1.29 is 14.8 Å². The van der Waals surface area contributed by atoms with Gasteiger partial charge in [0.05, 0.1) is 16.9 Å². The number of hydrogen-bond acceptors (Lipinski definition) is 8. The first kappa shape index (κ1) is 22.9. The van der Waals surface area contributed by atoms with E-state index < -0.39 is 22.3 Å². The molecular weight excluding hydrogens is 556 g/mol. The lowest BCUT2D eigenvalue weighted by molar-refractivity contribution is -0.385. The Hall–Kier alpha value is -2.77. The molecule has 3 rings (SSSR count). The van der Waals surface area contributed by atoms with E-state index >= 15 is 0 Å². The number of benzene rings is 2. The normalized spacial score (nSPS) is 11.1. The van der Waals surface area contributed by atoms with E-state index in [1.165, 1.54) is 23.9 Å². The quantitative estimate of drug-likeness (QED) is 0.191. The maximum atomic E-state index is 12.1. The van der Waals surface area contributed by atoms with Crippen molar-refractivity contribution >= 4 is 61.4 Å². The van der Waals surface area contributed by atoms with E-state index in [2.05, 4.69) is 52.6 Å². The van der Waals surface area contributed by atoms with Crippen LogP contribution in [-0.4, -0.2) is 42.7 Å². The molecule has 0 unspecified atom stereocenters. The second-order valence-electron chi connectivity index (χ2n) is 6.08. The van der Waals surface area contributed by atoms with Gasteiger partial charge < -0.3 is 9.67 Å². The first-order valence-electron chi connectivity index (χ1n) is 8.53. The summed E-state index contributed by atoms with van der Waals surface area (Å²) in [6, 6.07) is 10.2. The molecule has 0 atom stereocenters. The van der Waals surface area contributed by atoms with Crippen LogP contribution < -0.4 is 5.43 Å². The summed E-state index contributed by atoms with van der Waals surface area (Å²) in [7, 11) is 1.80. The molecule has 0 saturated heterocycles. The number of hydrazone groups is 1.